The molecule has 4 N–H and O–H groups in total. The lowest BCUT2D eigenvalue weighted by molar-refractivity contribution is 0.339. The first-order valence-corrected chi connectivity index (χ1v) is 11.3. The van der Waals surface area contributed by atoms with Crippen LogP contribution >= 0.6 is 0 Å². The second-order valence-electron chi connectivity index (χ2n) is 8.27. The average molecular weight is 437 g/mol. The lowest BCUT2D eigenvalue weighted by Crippen LogP contribution is -2.28. The molecule has 0 aromatic heterocycles. The summed E-state index contributed by atoms with van der Waals surface area (Å²) in [5.74, 6) is 1.70. The second kappa shape index (κ2) is 8.21. The van der Waals surface area contributed by atoms with Crippen LogP contribution in [0.2, 0.25) is 0 Å². The fraction of sp³-hybridized carbons (Fsp3) is 0.172. The molecule has 0 saturated heterocycles. The molecule has 33 heavy (non-hydrogen) atoms. The number of ether oxygens (including phenoxy) is 2. The molecule has 0 spiro atoms. The molecule has 0 unspecified atom stereocenters. The van der Waals surface area contributed by atoms with Crippen molar-refractivity contribution in [3.8, 4) is 22.6 Å². The van der Waals surface area contributed by atoms with Crippen LogP contribution in [0, 0.1) is 0 Å². The highest BCUT2D eigenvalue weighted by Crippen LogP contribution is 2.57. The summed E-state index contributed by atoms with van der Waals surface area (Å²) in [5, 5.41) is 0. The van der Waals surface area contributed by atoms with Gasteiger partial charge in [-0.2, -0.15) is 0 Å². The van der Waals surface area contributed by atoms with Gasteiger partial charge in [0.25, 0.3) is 0 Å². The van der Waals surface area contributed by atoms with Crippen molar-refractivity contribution in [2.75, 3.05) is 24.7 Å². The summed E-state index contributed by atoms with van der Waals surface area (Å²) in [6.45, 7) is 5.22. The van der Waals surface area contributed by atoms with Crippen molar-refractivity contribution in [2.24, 2.45) is 0 Å². The Morgan fingerprint density at radius 1 is 0.576 bits per heavy atom. The van der Waals surface area contributed by atoms with E-state index >= 15 is 0 Å². The second-order valence-corrected chi connectivity index (χ2v) is 8.27. The zero-order valence-corrected chi connectivity index (χ0v) is 19.0. The van der Waals surface area contributed by atoms with Crippen molar-refractivity contribution < 1.29 is 9.47 Å². The fourth-order valence-electron chi connectivity index (χ4n) is 5.05. The number of benzene rings is 4. The van der Waals surface area contributed by atoms with E-state index in [1.165, 1.54) is 22.3 Å². The number of hydrogen-bond donors (Lipinski definition) is 2. The quantitative estimate of drug-likeness (QED) is 0.320. The smallest absolute Gasteiger partial charge is 0.119 e. The minimum atomic E-state index is -0.563. The molecule has 4 aromatic rings. The number of hydrogen-bond acceptors (Lipinski definition) is 4. The number of rotatable bonds is 6. The zero-order chi connectivity index (χ0) is 23.0. The van der Waals surface area contributed by atoms with E-state index in [9.17, 15) is 0 Å². The Balaban J connectivity index is 1.91. The van der Waals surface area contributed by atoms with Crippen molar-refractivity contribution in [1.82, 2.24) is 0 Å². The van der Waals surface area contributed by atoms with E-state index in [4.69, 9.17) is 20.9 Å². The number of anilines is 2. The Labute approximate surface area is 194 Å². The third-order valence-electron chi connectivity index (χ3n) is 6.39. The summed E-state index contributed by atoms with van der Waals surface area (Å²) in [6.07, 6.45) is 0. The van der Waals surface area contributed by atoms with E-state index in [0.29, 0.717) is 13.2 Å². The van der Waals surface area contributed by atoms with Gasteiger partial charge >= 0.3 is 0 Å². The molecule has 4 heteroatoms. The van der Waals surface area contributed by atoms with Crippen LogP contribution in [0.5, 0.6) is 11.5 Å². The van der Waals surface area contributed by atoms with Crippen LogP contribution in [0.4, 0.5) is 11.4 Å². The largest absolute Gasteiger partial charge is 0.494 e. The van der Waals surface area contributed by atoms with Gasteiger partial charge < -0.3 is 20.9 Å². The third-order valence-corrected chi connectivity index (χ3v) is 6.39. The molecule has 0 atom stereocenters. The van der Waals surface area contributed by atoms with Crippen LogP contribution in [0.15, 0.2) is 84.9 Å². The number of nitrogen functional groups attached to an aromatic ring is 2. The highest BCUT2D eigenvalue weighted by atomic mass is 16.5. The van der Waals surface area contributed by atoms with Crippen LogP contribution in [-0.4, -0.2) is 13.2 Å². The van der Waals surface area contributed by atoms with E-state index in [-0.39, 0.29) is 0 Å². The van der Waals surface area contributed by atoms with E-state index < -0.39 is 5.41 Å². The van der Waals surface area contributed by atoms with Crippen LogP contribution in [0.25, 0.3) is 11.1 Å². The first kappa shape index (κ1) is 21.0. The molecule has 4 aromatic carbocycles. The monoisotopic (exact) mass is 436 g/mol. The molecule has 166 valence electrons. The van der Waals surface area contributed by atoms with Gasteiger partial charge in [-0.25, -0.2) is 0 Å². The molecule has 0 heterocycles. The molecule has 0 saturated carbocycles. The Morgan fingerprint density at radius 3 is 1.33 bits per heavy atom. The van der Waals surface area contributed by atoms with Gasteiger partial charge in [-0.1, -0.05) is 36.4 Å². The van der Waals surface area contributed by atoms with Crippen molar-refractivity contribution in [3.05, 3.63) is 107 Å². The first-order valence-electron chi connectivity index (χ1n) is 11.3. The van der Waals surface area contributed by atoms with E-state index in [2.05, 4.69) is 48.5 Å². The Morgan fingerprint density at radius 2 is 0.970 bits per heavy atom. The van der Waals surface area contributed by atoms with E-state index in [1.807, 2.05) is 50.2 Å². The lowest BCUT2D eigenvalue weighted by atomic mass is 9.67. The SMILES string of the molecule is CCOc1ccc2c(c1)C(c1ccc(N)cc1)(c1ccc(N)cc1)c1cc(OCC)ccc1-2. The van der Waals surface area contributed by atoms with Crippen LogP contribution in [0.1, 0.15) is 36.1 Å². The Bertz CT molecular complexity index is 1190. The van der Waals surface area contributed by atoms with Gasteiger partial charge in [0.05, 0.1) is 18.6 Å². The third kappa shape index (κ3) is 3.30. The Kier molecular flexibility index (Phi) is 5.21. The molecule has 0 fully saturated rings. The van der Waals surface area contributed by atoms with Gasteiger partial charge in [0.15, 0.2) is 0 Å². The van der Waals surface area contributed by atoms with Gasteiger partial charge in [0.1, 0.15) is 11.5 Å². The number of fused-ring (bicyclic) bond motifs is 3. The fourth-order valence-corrected chi connectivity index (χ4v) is 5.05. The van der Waals surface area contributed by atoms with E-state index in [0.717, 1.165) is 34.0 Å². The highest BCUT2D eigenvalue weighted by molar-refractivity contribution is 5.87. The predicted octanol–water partition coefficient (Wildman–Crippen LogP) is 6.01. The van der Waals surface area contributed by atoms with Crippen LogP contribution < -0.4 is 20.9 Å². The van der Waals surface area contributed by atoms with E-state index in [1.54, 1.807) is 0 Å². The zero-order valence-electron chi connectivity index (χ0n) is 19.0. The summed E-state index contributed by atoms with van der Waals surface area (Å²) in [5.41, 5.74) is 20.0. The first-order chi connectivity index (χ1) is 16.1. The van der Waals surface area contributed by atoms with Gasteiger partial charge in [0.2, 0.25) is 0 Å². The Hall–Kier alpha value is -3.92. The van der Waals surface area contributed by atoms with Crippen molar-refractivity contribution in [2.45, 2.75) is 19.3 Å². The molecule has 1 aliphatic carbocycles. The molecule has 0 aliphatic heterocycles. The van der Waals surface area contributed by atoms with Crippen LogP contribution in [0.3, 0.4) is 0 Å². The number of nitrogens with two attached hydrogens (primary N) is 2. The summed E-state index contributed by atoms with van der Waals surface area (Å²) in [7, 11) is 0. The molecule has 1 aliphatic rings. The predicted molar refractivity (Wildman–Crippen MR) is 135 cm³/mol. The van der Waals surface area contributed by atoms with Gasteiger partial charge in [0, 0.05) is 11.4 Å². The van der Waals surface area contributed by atoms with Crippen molar-refractivity contribution in [3.63, 3.8) is 0 Å². The summed E-state index contributed by atoms with van der Waals surface area (Å²) >= 11 is 0. The average Bonchev–Trinajstić information content (AvgIpc) is 3.10. The maximum Gasteiger partial charge on any atom is 0.119 e. The van der Waals surface area contributed by atoms with Crippen LogP contribution in [-0.2, 0) is 5.41 Å². The van der Waals surface area contributed by atoms with Crippen molar-refractivity contribution >= 4 is 11.4 Å². The molecule has 5 rings (SSSR count). The maximum absolute atomic E-state index is 6.09. The normalized spacial score (nSPS) is 13.3. The lowest BCUT2D eigenvalue weighted by Gasteiger charge is -2.34. The standard InChI is InChI=1S/C29H28N2O2/c1-3-32-23-13-15-25-26-16-14-24(33-4-2)18-28(26)29(27(25)17-23,19-5-9-21(30)10-6-19)20-7-11-22(31)12-8-20/h5-18H,3-4,30-31H2,1-2H3. The summed E-state index contributed by atoms with van der Waals surface area (Å²) in [4.78, 5) is 0. The minimum Gasteiger partial charge on any atom is -0.494 e. The molecular weight excluding hydrogens is 408 g/mol. The minimum absolute atomic E-state index is 0.563. The summed E-state index contributed by atoms with van der Waals surface area (Å²) < 4.78 is 11.9. The molecule has 0 amide bonds. The van der Waals surface area contributed by atoms with Gasteiger partial charge in [-0.3, -0.25) is 0 Å². The van der Waals surface area contributed by atoms with Gasteiger partial charge in [-0.15, -0.1) is 0 Å². The molecule has 0 radical (unpaired) electrons. The molecule has 0 bridgehead atoms. The maximum atomic E-state index is 6.09. The molecular formula is C29H28N2O2. The highest BCUT2D eigenvalue weighted by Gasteiger charge is 2.46. The van der Waals surface area contributed by atoms with Gasteiger partial charge in [-0.05, 0) is 95.8 Å². The van der Waals surface area contributed by atoms with Crippen molar-refractivity contribution in [1.29, 1.82) is 0 Å². The molecule has 4 nitrogen and oxygen atoms in total. The topological polar surface area (TPSA) is 70.5 Å². The summed E-state index contributed by atoms with van der Waals surface area (Å²) in [6, 6.07) is 29.1.